The van der Waals surface area contributed by atoms with Gasteiger partial charge >= 0.3 is 0 Å². The molecule has 0 spiro atoms. The van der Waals surface area contributed by atoms with Crippen LogP contribution in [0, 0.1) is 0 Å². The van der Waals surface area contributed by atoms with E-state index in [4.69, 9.17) is 0 Å². The van der Waals surface area contributed by atoms with E-state index in [1.165, 1.54) is 0 Å². The van der Waals surface area contributed by atoms with Crippen molar-refractivity contribution in [1.82, 2.24) is 4.89 Å². The predicted octanol–water partition coefficient (Wildman–Crippen LogP) is 0.364. The summed E-state index contributed by atoms with van der Waals surface area (Å²) in [7, 11) is 0. The third-order valence-corrected chi connectivity index (χ3v) is 1.19. The van der Waals surface area contributed by atoms with Crippen LogP contribution >= 0.6 is 0 Å². The molecule has 1 unspecified atom stereocenters. The van der Waals surface area contributed by atoms with Crippen LogP contribution in [0.4, 0.5) is 0 Å². The van der Waals surface area contributed by atoms with E-state index in [-0.39, 0.29) is 0 Å². The highest BCUT2D eigenvalue weighted by Crippen LogP contribution is 2.05. The molecule has 0 bridgehead atoms. The van der Waals surface area contributed by atoms with Gasteiger partial charge in [0.25, 0.3) is 0 Å². The largest absolute Gasteiger partial charge is 0.758 e. The first-order valence-corrected chi connectivity index (χ1v) is 3.93. The molecule has 0 aliphatic carbocycles. The van der Waals surface area contributed by atoms with Crippen LogP contribution in [0.1, 0.15) is 0 Å². The van der Waals surface area contributed by atoms with Gasteiger partial charge in [-0.15, -0.1) is 0 Å². The lowest BCUT2D eigenvalue weighted by Gasteiger charge is -2.07. The SMILES string of the molecule is O=S([O-])NOc1ccccc1. The van der Waals surface area contributed by atoms with Crippen LogP contribution in [0.15, 0.2) is 30.3 Å². The highest BCUT2D eigenvalue weighted by molar-refractivity contribution is 7.76. The Balaban J connectivity index is 2.45. The second-order valence-corrected chi connectivity index (χ2v) is 2.37. The van der Waals surface area contributed by atoms with Crippen LogP contribution in [-0.4, -0.2) is 8.76 Å². The van der Waals surface area contributed by atoms with E-state index in [0.717, 1.165) is 0 Å². The van der Waals surface area contributed by atoms with Crippen molar-refractivity contribution in [2.24, 2.45) is 0 Å². The maximum Gasteiger partial charge on any atom is 0.148 e. The average Bonchev–Trinajstić information content (AvgIpc) is 2.03. The first-order valence-electron chi connectivity index (χ1n) is 2.86. The molecule has 0 aromatic heterocycles. The molecule has 60 valence electrons. The van der Waals surface area contributed by atoms with Gasteiger partial charge in [-0.05, 0) is 12.1 Å². The van der Waals surface area contributed by atoms with Gasteiger partial charge in [-0.3, -0.25) is 4.21 Å². The fourth-order valence-electron chi connectivity index (χ4n) is 0.571. The summed E-state index contributed by atoms with van der Waals surface area (Å²) in [6.45, 7) is 0. The number of benzene rings is 1. The molecule has 1 aromatic rings. The molecule has 5 heteroatoms. The molecule has 0 radical (unpaired) electrons. The normalized spacial score (nSPS) is 12.5. The molecule has 0 heterocycles. The van der Waals surface area contributed by atoms with E-state index >= 15 is 0 Å². The van der Waals surface area contributed by atoms with Crippen molar-refractivity contribution >= 4 is 11.3 Å². The van der Waals surface area contributed by atoms with Crippen molar-refractivity contribution in [3.63, 3.8) is 0 Å². The van der Waals surface area contributed by atoms with E-state index in [0.29, 0.717) is 5.75 Å². The third kappa shape index (κ3) is 3.13. The van der Waals surface area contributed by atoms with Gasteiger partial charge in [0.2, 0.25) is 0 Å². The molecular weight excluding hydrogens is 166 g/mol. The standard InChI is InChI=1S/C6H7NO3S/c8-11(9)7-10-6-4-2-1-3-5-6/h1-5,7H,(H,8,9)/p-1. The number of hydrogen-bond acceptors (Lipinski definition) is 3. The Hall–Kier alpha value is -0.910. The van der Waals surface area contributed by atoms with Gasteiger partial charge in [-0.2, -0.15) is 0 Å². The summed E-state index contributed by atoms with van der Waals surface area (Å²) in [4.78, 5) is 6.38. The van der Waals surface area contributed by atoms with E-state index in [1.807, 2.05) is 0 Å². The van der Waals surface area contributed by atoms with Crippen LogP contribution in [0.5, 0.6) is 5.75 Å². The lowest BCUT2D eigenvalue weighted by atomic mass is 10.3. The summed E-state index contributed by atoms with van der Waals surface area (Å²) in [5.41, 5.74) is 0. The number of hydrogen-bond donors (Lipinski definition) is 1. The van der Waals surface area contributed by atoms with E-state index in [2.05, 4.69) is 4.84 Å². The first-order chi connectivity index (χ1) is 5.29. The van der Waals surface area contributed by atoms with Crippen molar-refractivity contribution in [1.29, 1.82) is 0 Å². The Morgan fingerprint density at radius 2 is 2.00 bits per heavy atom. The summed E-state index contributed by atoms with van der Waals surface area (Å²) in [6.07, 6.45) is 0. The summed E-state index contributed by atoms with van der Waals surface area (Å²) in [6, 6.07) is 8.57. The molecule has 0 fully saturated rings. The van der Waals surface area contributed by atoms with Gasteiger partial charge in [0.05, 0.1) is 11.3 Å². The molecule has 0 amide bonds. The van der Waals surface area contributed by atoms with Gasteiger partial charge in [0.1, 0.15) is 5.75 Å². The molecular formula is C6H6NO3S-. The lowest BCUT2D eigenvalue weighted by Crippen LogP contribution is -2.20. The van der Waals surface area contributed by atoms with Crippen LogP contribution in [0.2, 0.25) is 0 Å². The zero-order valence-corrected chi connectivity index (χ0v) is 6.34. The van der Waals surface area contributed by atoms with Gasteiger partial charge in [0, 0.05) is 0 Å². The quantitative estimate of drug-likeness (QED) is 0.529. The van der Waals surface area contributed by atoms with Crippen molar-refractivity contribution < 1.29 is 13.6 Å². The summed E-state index contributed by atoms with van der Waals surface area (Å²) in [5.74, 6) is 0.455. The predicted molar refractivity (Wildman–Crippen MR) is 39.1 cm³/mol. The van der Waals surface area contributed by atoms with Crippen LogP contribution in [0.3, 0.4) is 0 Å². The zero-order chi connectivity index (χ0) is 8.10. The van der Waals surface area contributed by atoms with Gasteiger partial charge in [-0.25, -0.2) is 0 Å². The van der Waals surface area contributed by atoms with Crippen molar-refractivity contribution in [3.8, 4) is 5.75 Å². The molecule has 0 aliphatic rings. The number of nitrogens with one attached hydrogen (secondary N) is 1. The molecule has 1 rings (SSSR count). The van der Waals surface area contributed by atoms with E-state index in [1.54, 1.807) is 35.2 Å². The van der Waals surface area contributed by atoms with Gasteiger partial charge < -0.3 is 9.39 Å². The second kappa shape index (κ2) is 4.07. The first kappa shape index (κ1) is 8.19. The fraction of sp³-hybridized carbons (Fsp3) is 0. The average molecular weight is 172 g/mol. The molecule has 0 saturated heterocycles. The highest BCUT2D eigenvalue weighted by Gasteiger charge is 1.87. The Morgan fingerprint density at radius 1 is 1.36 bits per heavy atom. The molecule has 0 aliphatic heterocycles. The molecule has 1 aromatic carbocycles. The zero-order valence-electron chi connectivity index (χ0n) is 5.52. The maximum atomic E-state index is 9.94. The Morgan fingerprint density at radius 3 is 2.55 bits per heavy atom. The molecule has 4 nitrogen and oxygen atoms in total. The highest BCUT2D eigenvalue weighted by atomic mass is 32.2. The fourth-order valence-corrected chi connectivity index (χ4v) is 0.735. The Labute approximate surface area is 66.6 Å². The van der Waals surface area contributed by atoms with Crippen molar-refractivity contribution in [3.05, 3.63) is 30.3 Å². The third-order valence-electron chi connectivity index (χ3n) is 0.971. The second-order valence-electron chi connectivity index (χ2n) is 1.73. The van der Waals surface area contributed by atoms with Crippen LogP contribution in [-0.2, 0) is 11.3 Å². The summed E-state index contributed by atoms with van der Waals surface area (Å²) < 4.78 is 19.9. The lowest BCUT2D eigenvalue weighted by molar-refractivity contribution is 0.263. The van der Waals surface area contributed by atoms with Gasteiger partial charge in [-0.1, -0.05) is 23.1 Å². The minimum absolute atomic E-state index is 0.455. The van der Waals surface area contributed by atoms with Gasteiger partial charge in [0.15, 0.2) is 0 Å². The molecule has 1 N–H and O–H groups in total. The number of para-hydroxylation sites is 1. The van der Waals surface area contributed by atoms with Crippen molar-refractivity contribution in [2.45, 2.75) is 0 Å². The summed E-state index contributed by atoms with van der Waals surface area (Å²) in [5, 5.41) is 0. The topological polar surface area (TPSA) is 61.4 Å². The van der Waals surface area contributed by atoms with E-state index in [9.17, 15) is 8.76 Å². The minimum Gasteiger partial charge on any atom is -0.758 e. The number of rotatable bonds is 3. The smallest absolute Gasteiger partial charge is 0.148 e. The maximum absolute atomic E-state index is 9.94. The monoisotopic (exact) mass is 172 g/mol. The Kier molecular flexibility index (Phi) is 3.03. The Bertz CT molecular complexity index is 239. The minimum atomic E-state index is -2.39. The van der Waals surface area contributed by atoms with Crippen LogP contribution in [0.25, 0.3) is 0 Å². The van der Waals surface area contributed by atoms with Crippen LogP contribution < -0.4 is 9.72 Å². The van der Waals surface area contributed by atoms with E-state index < -0.39 is 11.3 Å². The molecule has 1 atom stereocenters. The molecule has 11 heavy (non-hydrogen) atoms. The summed E-state index contributed by atoms with van der Waals surface area (Å²) >= 11 is -2.39. The molecule has 0 saturated carbocycles. The van der Waals surface area contributed by atoms with Crippen molar-refractivity contribution in [2.75, 3.05) is 0 Å².